The number of aromatic nitrogens is 5. The van der Waals surface area contributed by atoms with Gasteiger partial charge in [-0.3, -0.25) is 0 Å². The lowest BCUT2D eigenvalue weighted by molar-refractivity contribution is 0.363. The van der Waals surface area contributed by atoms with Crippen LogP contribution in [-0.4, -0.2) is 24.7 Å². The van der Waals surface area contributed by atoms with Gasteiger partial charge in [0.2, 0.25) is 0 Å². The normalized spacial score (nSPS) is 12.3. The maximum atomic E-state index is 6.14. The van der Waals surface area contributed by atoms with Gasteiger partial charge in [-0.25, -0.2) is 14.6 Å². The Morgan fingerprint density at radius 1 is 1.17 bits per heavy atom. The second kappa shape index (κ2) is 5.06. The highest BCUT2D eigenvalue weighted by molar-refractivity contribution is 5.90. The van der Waals surface area contributed by atoms with Crippen molar-refractivity contribution in [1.82, 2.24) is 24.7 Å². The average Bonchev–Trinajstić information content (AvgIpc) is 3.11. The predicted molar refractivity (Wildman–Crippen MR) is 95.8 cm³/mol. The number of H-pyrrole nitrogens is 1. The topological polar surface area (TPSA) is 85.4 Å². The minimum absolute atomic E-state index is 0.183. The van der Waals surface area contributed by atoms with Crippen molar-refractivity contribution >= 4 is 27.8 Å². The third-order valence-electron chi connectivity index (χ3n) is 4.23. The van der Waals surface area contributed by atoms with E-state index in [1.54, 1.807) is 0 Å². The molecule has 3 heterocycles. The maximum Gasteiger partial charge on any atom is 0.164 e. The Morgan fingerprint density at radius 3 is 2.75 bits per heavy atom. The molecule has 0 aliphatic carbocycles. The van der Waals surface area contributed by atoms with Gasteiger partial charge >= 0.3 is 0 Å². The highest BCUT2D eigenvalue weighted by Crippen LogP contribution is 2.29. The molecule has 3 aromatic heterocycles. The number of nitrogen functional groups attached to an aromatic ring is 1. The lowest BCUT2D eigenvalue weighted by Crippen LogP contribution is -2.23. The zero-order valence-electron chi connectivity index (χ0n) is 14.0. The fourth-order valence-electron chi connectivity index (χ4n) is 3.09. The Labute approximate surface area is 139 Å². The molecule has 122 valence electrons. The van der Waals surface area contributed by atoms with Gasteiger partial charge in [0.1, 0.15) is 12.1 Å². The Bertz CT molecular complexity index is 1030. The third-order valence-corrected chi connectivity index (χ3v) is 4.23. The number of nitrogens with zero attached hydrogens (tertiary/aromatic N) is 4. The third kappa shape index (κ3) is 2.22. The summed E-state index contributed by atoms with van der Waals surface area (Å²) < 4.78 is 1.94. The first-order valence-electron chi connectivity index (χ1n) is 7.98. The van der Waals surface area contributed by atoms with Crippen LogP contribution in [0.3, 0.4) is 0 Å². The number of para-hydroxylation sites is 1. The molecule has 0 amide bonds. The number of fused-ring (bicyclic) bond motifs is 2. The molecule has 6 nitrogen and oxygen atoms in total. The maximum absolute atomic E-state index is 6.14. The summed E-state index contributed by atoms with van der Waals surface area (Å²) in [6, 6.07) is 8.26. The summed E-state index contributed by atoms with van der Waals surface area (Å²) >= 11 is 0. The van der Waals surface area contributed by atoms with E-state index in [0.29, 0.717) is 12.2 Å². The largest absolute Gasteiger partial charge is 0.383 e. The van der Waals surface area contributed by atoms with Crippen LogP contribution in [0.1, 0.15) is 32.0 Å². The van der Waals surface area contributed by atoms with Crippen LogP contribution in [0.2, 0.25) is 0 Å². The van der Waals surface area contributed by atoms with E-state index in [2.05, 4.69) is 47.9 Å². The molecule has 0 aliphatic rings. The quantitative estimate of drug-likeness (QED) is 0.594. The number of benzene rings is 1. The summed E-state index contributed by atoms with van der Waals surface area (Å²) in [5.41, 5.74) is 9.96. The molecule has 4 aromatic rings. The zero-order valence-corrected chi connectivity index (χ0v) is 14.0. The molecule has 0 atom stereocenters. The standard InChI is InChI=1S/C18H20N6/c1-18(2,3)24-17-15(16(19)21-10-22-17)14(23-24)8-11-9-20-13-7-5-4-6-12(11)13/h4-7,9-10,20H,8H2,1-3H3,(H2,19,21,22). The van der Waals surface area contributed by atoms with E-state index in [1.165, 1.54) is 17.3 Å². The summed E-state index contributed by atoms with van der Waals surface area (Å²) in [6.45, 7) is 6.31. The Kier molecular flexibility index (Phi) is 3.09. The van der Waals surface area contributed by atoms with E-state index in [0.717, 1.165) is 22.2 Å². The van der Waals surface area contributed by atoms with Crippen LogP contribution in [0, 0.1) is 0 Å². The molecule has 0 saturated heterocycles. The van der Waals surface area contributed by atoms with Crippen molar-refractivity contribution in [2.24, 2.45) is 0 Å². The lowest BCUT2D eigenvalue weighted by atomic mass is 10.1. The molecule has 0 fully saturated rings. The van der Waals surface area contributed by atoms with E-state index in [4.69, 9.17) is 10.8 Å². The molecule has 24 heavy (non-hydrogen) atoms. The SMILES string of the molecule is CC(C)(C)n1nc(Cc2c[nH]c3ccccc23)c2c(N)ncnc21. The molecule has 0 bridgehead atoms. The monoisotopic (exact) mass is 320 g/mol. The fraction of sp³-hybridized carbons (Fsp3) is 0.278. The predicted octanol–water partition coefficient (Wildman–Crippen LogP) is 3.24. The van der Waals surface area contributed by atoms with Gasteiger partial charge in [0.15, 0.2) is 5.65 Å². The van der Waals surface area contributed by atoms with E-state index in [-0.39, 0.29) is 5.54 Å². The van der Waals surface area contributed by atoms with Gasteiger partial charge in [0.05, 0.1) is 16.6 Å². The first-order valence-corrected chi connectivity index (χ1v) is 7.98. The molecule has 4 rings (SSSR count). The van der Waals surface area contributed by atoms with Gasteiger partial charge in [-0.15, -0.1) is 0 Å². The van der Waals surface area contributed by atoms with Crippen LogP contribution in [0.5, 0.6) is 0 Å². The van der Waals surface area contributed by atoms with Crippen LogP contribution in [0.25, 0.3) is 21.9 Å². The van der Waals surface area contributed by atoms with Gasteiger partial charge in [0, 0.05) is 23.5 Å². The minimum atomic E-state index is -0.183. The van der Waals surface area contributed by atoms with Crippen molar-refractivity contribution in [1.29, 1.82) is 0 Å². The van der Waals surface area contributed by atoms with Crippen LogP contribution in [-0.2, 0) is 12.0 Å². The molecule has 0 aliphatic heterocycles. The summed E-state index contributed by atoms with van der Waals surface area (Å²) in [4.78, 5) is 11.9. The van der Waals surface area contributed by atoms with Crippen LogP contribution >= 0.6 is 0 Å². The van der Waals surface area contributed by atoms with Crippen molar-refractivity contribution in [3.8, 4) is 0 Å². The zero-order chi connectivity index (χ0) is 16.9. The molecule has 0 unspecified atom stereocenters. The Morgan fingerprint density at radius 2 is 1.96 bits per heavy atom. The highest BCUT2D eigenvalue weighted by Gasteiger charge is 2.23. The molecule has 1 aromatic carbocycles. The smallest absolute Gasteiger partial charge is 0.164 e. The number of hydrogen-bond donors (Lipinski definition) is 2. The van der Waals surface area contributed by atoms with E-state index in [9.17, 15) is 0 Å². The van der Waals surface area contributed by atoms with Gasteiger partial charge in [-0.2, -0.15) is 5.10 Å². The molecular formula is C18H20N6. The fourth-order valence-corrected chi connectivity index (χ4v) is 3.09. The van der Waals surface area contributed by atoms with Crippen LogP contribution < -0.4 is 5.73 Å². The van der Waals surface area contributed by atoms with Gasteiger partial charge < -0.3 is 10.7 Å². The van der Waals surface area contributed by atoms with Crippen molar-refractivity contribution in [2.75, 3.05) is 5.73 Å². The van der Waals surface area contributed by atoms with Crippen molar-refractivity contribution in [2.45, 2.75) is 32.7 Å². The van der Waals surface area contributed by atoms with Crippen LogP contribution in [0.4, 0.5) is 5.82 Å². The first kappa shape index (κ1) is 14.7. The van der Waals surface area contributed by atoms with Crippen molar-refractivity contribution < 1.29 is 0 Å². The Hall–Kier alpha value is -2.89. The van der Waals surface area contributed by atoms with Gasteiger partial charge in [-0.05, 0) is 32.4 Å². The van der Waals surface area contributed by atoms with E-state index < -0.39 is 0 Å². The molecule has 3 N–H and O–H groups in total. The van der Waals surface area contributed by atoms with Crippen LogP contribution in [0.15, 0.2) is 36.8 Å². The number of anilines is 1. The van der Waals surface area contributed by atoms with Gasteiger partial charge in [-0.1, -0.05) is 18.2 Å². The molecule has 0 saturated carbocycles. The molecule has 6 heteroatoms. The second-order valence-corrected chi connectivity index (χ2v) is 7.02. The number of nitrogens with two attached hydrogens (primary N) is 1. The van der Waals surface area contributed by atoms with E-state index in [1.807, 2.05) is 23.0 Å². The summed E-state index contributed by atoms with van der Waals surface area (Å²) in [6.07, 6.45) is 4.21. The summed E-state index contributed by atoms with van der Waals surface area (Å²) in [5.74, 6) is 0.477. The molecule has 0 spiro atoms. The number of aromatic amines is 1. The highest BCUT2D eigenvalue weighted by atomic mass is 15.3. The Balaban J connectivity index is 1.91. The first-order chi connectivity index (χ1) is 11.4. The minimum Gasteiger partial charge on any atom is -0.383 e. The summed E-state index contributed by atoms with van der Waals surface area (Å²) in [5, 5.41) is 6.87. The number of hydrogen-bond acceptors (Lipinski definition) is 4. The molecular weight excluding hydrogens is 300 g/mol. The molecule has 0 radical (unpaired) electrons. The average molecular weight is 320 g/mol. The van der Waals surface area contributed by atoms with Crippen molar-refractivity contribution in [3.63, 3.8) is 0 Å². The second-order valence-electron chi connectivity index (χ2n) is 7.02. The number of nitrogens with one attached hydrogen (secondary N) is 1. The summed E-state index contributed by atoms with van der Waals surface area (Å²) in [7, 11) is 0. The van der Waals surface area contributed by atoms with E-state index >= 15 is 0 Å². The number of rotatable bonds is 2. The lowest BCUT2D eigenvalue weighted by Gasteiger charge is -2.19. The van der Waals surface area contributed by atoms with Gasteiger partial charge in [0.25, 0.3) is 0 Å². The van der Waals surface area contributed by atoms with Crippen molar-refractivity contribution in [3.05, 3.63) is 48.0 Å².